The molecule has 0 fully saturated rings. The molecule has 164 valence electrons. The van der Waals surface area contributed by atoms with Crippen LogP contribution in [0.1, 0.15) is 31.7 Å². The third-order valence-corrected chi connectivity index (χ3v) is 4.89. The zero-order valence-electron chi connectivity index (χ0n) is 18.4. The van der Waals surface area contributed by atoms with Crippen LogP contribution in [0.25, 0.3) is 11.5 Å². The van der Waals surface area contributed by atoms with Gasteiger partial charge in [0.2, 0.25) is 11.8 Å². The molecule has 0 aliphatic rings. The van der Waals surface area contributed by atoms with E-state index in [1.54, 1.807) is 33.3 Å². The molecule has 0 atom stereocenters. The van der Waals surface area contributed by atoms with Crippen LogP contribution >= 0.6 is 0 Å². The Morgan fingerprint density at radius 2 is 1.83 bits per heavy atom. The molecular weight excluding hydrogens is 386 g/mol. The highest BCUT2D eigenvalue weighted by molar-refractivity contribution is 5.98. The number of aryl methyl sites for hydroxylation is 1. The minimum atomic E-state index is -0.270. The third-order valence-electron chi connectivity index (χ3n) is 4.89. The van der Waals surface area contributed by atoms with Gasteiger partial charge in [0.25, 0.3) is 0 Å². The van der Waals surface area contributed by atoms with Crippen LogP contribution in [0, 0.1) is 6.92 Å². The summed E-state index contributed by atoms with van der Waals surface area (Å²) < 4.78 is 16.3. The van der Waals surface area contributed by atoms with Crippen molar-refractivity contribution in [3.8, 4) is 23.0 Å². The summed E-state index contributed by atoms with van der Waals surface area (Å²) in [6.45, 7) is 9.06. The summed E-state index contributed by atoms with van der Waals surface area (Å²) in [5.74, 6) is 1.63. The summed E-state index contributed by atoms with van der Waals surface area (Å²) in [6.07, 6.45) is -0.123. The molecule has 2 rings (SSSR count). The van der Waals surface area contributed by atoms with Gasteiger partial charge in [-0.2, -0.15) is 0 Å². The Kier molecular flexibility index (Phi) is 8.86. The van der Waals surface area contributed by atoms with Crippen LogP contribution in [0.15, 0.2) is 22.6 Å². The van der Waals surface area contributed by atoms with Gasteiger partial charge >= 0.3 is 0 Å². The molecule has 1 N–H and O–H groups in total. The molecule has 1 heterocycles. The van der Waals surface area contributed by atoms with Crippen molar-refractivity contribution in [3.63, 3.8) is 0 Å². The van der Waals surface area contributed by atoms with Gasteiger partial charge < -0.3 is 24.1 Å². The van der Waals surface area contributed by atoms with Crippen molar-refractivity contribution in [2.75, 3.05) is 40.4 Å². The number of amides is 1. The number of benzene rings is 1. The van der Waals surface area contributed by atoms with E-state index in [-0.39, 0.29) is 24.5 Å². The molecule has 1 aromatic heterocycles. The molecule has 2 aromatic rings. The van der Waals surface area contributed by atoms with Crippen LogP contribution in [-0.4, -0.2) is 62.0 Å². The lowest BCUT2D eigenvalue weighted by molar-refractivity contribution is -0.127. The number of aromatic nitrogens is 1. The van der Waals surface area contributed by atoms with Crippen molar-refractivity contribution in [3.05, 3.63) is 29.7 Å². The first kappa shape index (κ1) is 23.4. The van der Waals surface area contributed by atoms with E-state index >= 15 is 0 Å². The predicted octanol–water partition coefficient (Wildman–Crippen LogP) is 2.63. The summed E-state index contributed by atoms with van der Waals surface area (Å²) >= 11 is 0. The molecule has 0 aliphatic heterocycles. The Balaban J connectivity index is 1.96. The summed E-state index contributed by atoms with van der Waals surface area (Å²) in [7, 11) is 3.12. The summed E-state index contributed by atoms with van der Waals surface area (Å²) in [5.41, 5.74) is 1.24. The monoisotopic (exact) mass is 417 g/mol. The maximum Gasteiger partial charge on any atom is 0.227 e. The lowest BCUT2D eigenvalue weighted by atomic mass is 10.1. The van der Waals surface area contributed by atoms with Crippen molar-refractivity contribution < 1.29 is 23.5 Å². The Bertz CT molecular complexity index is 858. The van der Waals surface area contributed by atoms with E-state index in [0.717, 1.165) is 19.6 Å². The second-order valence-corrected chi connectivity index (χ2v) is 6.86. The molecule has 0 spiro atoms. The van der Waals surface area contributed by atoms with Gasteiger partial charge in [-0.3, -0.25) is 9.59 Å². The van der Waals surface area contributed by atoms with E-state index in [0.29, 0.717) is 41.0 Å². The zero-order chi connectivity index (χ0) is 22.1. The molecule has 0 radical (unpaired) electrons. The second-order valence-electron chi connectivity index (χ2n) is 6.86. The number of carbonyl (C=O) groups excluding carboxylic acids is 2. The van der Waals surface area contributed by atoms with E-state index in [1.807, 2.05) is 6.07 Å². The van der Waals surface area contributed by atoms with Crippen LogP contribution in [0.5, 0.6) is 11.5 Å². The predicted molar refractivity (Wildman–Crippen MR) is 114 cm³/mol. The Morgan fingerprint density at radius 1 is 1.13 bits per heavy atom. The molecule has 0 saturated heterocycles. The molecule has 0 saturated carbocycles. The van der Waals surface area contributed by atoms with Crippen molar-refractivity contribution in [1.82, 2.24) is 15.2 Å². The van der Waals surface area contributed by atoms with Crippen molar-refractivity contribution in [2.24, 2.45) is 0 Å². The number of nitrogens with zero attached hydrogens (tertiary/aromatic N) is 2. The number of ketones is 1. The van der Waals surface area contributed by atoms with Gasteiger partial charge in [0, 0.05) is 18.7 Å². The van der Waals surface area contributed by atoms with Crippen molar-refractivity contribution in [1.29, 1.82) is 0 Å². The maximum absolute atomic E-state index is 12.3. The summed E-state index contributed by atoms with van der Waals surface area (Å²) in [6, 6.07) is 5.34. The van der Waals surface area contributed by atoms with E-state index in [4.69, 9.17) is 13.9 Å². The van der Waals surface area contributed by atoms with Crippen LogP contribution < -0.4 is 14.8 Å². The molecule has 1 amide bonds. The zero-order valence-corrected chi connectivity index (χ0v) is 18.4. The molecular formula is C22H31N3O5. The third kappa shape index (κ3) is 6.32. The highest BCUT2D eigenvalue weighted by Crippen LogP contribution is 2.32. The number of rotatable bonds is 12. The fourth-order valence-electron chi connectivity index (χ4n) is 3.07. The first-order valence-electron chi connectivity index (χ1n) is 10.1. The smallest absolute Gasteiger partial charge is 0.227 e. The minimum Gasteiger partial charge on any atom is -0.493 e. The van der Waals surface area contributed by atoms with Gasteiger partial charge in [-0.15, -0.1) is 0 Å². The van der Waals surface area contributed by atoms with Gasteiger partial charge in [0.1, 0.15) is 11.5 Å². The van der Waals surface area contributed by atoms with E-state index < -0.39 is 0 Å². The van der Waals surface area contributed by atoms with Gasteiger partial charge in [-0.05, 0) is 38.2 Å². The SMILES string of the molecule is CCN(CC)CCNC(=O)CC(=O)Cc1nc(-c2ccc(OC)c(OC)c2)oc1C. The average molecular weight is 418 g/mol. The number of oxazole rings is 1. The molecule has 8 nitrogen and oxygen atoms in total. The quantitative estimate of drug-likeness (QED) is 0.531. The first-order valence-corrected chi connectivity index (χ1v) is 10.1. The number of carbonyl (C=O) groups is 2. The molecule has 8 heteroatoms. The van der Waals surface area contributed by atoms with Crippen molar-refractivity contribution >= 4 is 11.7 Å². The molecule has 0 bridgehead atoms. The first-order chi connectivity index (χ1) is 14.4. The fraction of sp³-hybridized carbons (Fsp3) is 0.500. The summed E-state index contributed by atoms with van der Waals surface area (Å²) in [4.78, 5) is 31.0. The number of Topliss-reactive ketones (excluding diaryl/α,β-unsaturated/α-hetero) is 1. The highest BCUT2D eigenvalue weighted by atomic mass is 16.5. The standard InChI is InChI=1S/C22H31N3O5/c1-6-25(7-2)11-10-23-21(27)14-17(26)13-18-15(3)30-22(24-18)16-8-9-19(28-4)20(12-16)29-5/h8-9,12H,6-7,10-11,13-14H2,1-5H3,(H,23,27). The van der Waals surface area contributed by atoms with Gasteiger partial charge in [0.05, 0.1) is 32.8 Å². The molecule has 30 heavy (non-hydrogen) atoms. The normalized spacial score (nSPS) is 10.9. The Hall–Kier alpha value is -2.87. The number of nitrogens with one attached hydrogen (secondary N) is 1. The maximum atomic E-state index is 12.3. The highest BCUT2D eigenvalue weighted by Gasteiger charge is 2.18. The van der Waals surface area contributed by atoms with Crippen LogP contribution in [0.3, 0.4) is 0 Å². The molecule has 0 aliphatic carbocycles. The number of ether oxygens (including phenoxy) is 2. The van der Waals surface area contributed by atoms with Crippen LogP contribution in [0.4, 0.5) is 0 Å². The lowest BCUT2D eigenvalue weighted by Gasteiger charge is -2.17. The molecule has 1 aromatic carbocycles. The van der Waals surface area contributed by atoms with Crippen LogP contribution in [0.2, 0.25) is 0 Å². The van der Waals surface area contributed by atoms with E-state index in [1.165, 1.54) is 0 Å². The van der Waals surface area contributed by atoms with Crippen molar-refractivity contribution in [2.45, 2.75) is 33.6 Å². The Labute approximate surface area is 177 Å². The fourth-order valence-corrected chi connectivity index (χ4v) is 3.07. The Morgan fingerprint density at radius 3 is 2.47 bits per heavy atom. The average Bonchev–Trinajstić information content (AvgIpc) is 3.10. The lowest BCUT2D eigenvalue weighted by Crippen LogP contribution is -2.35. The van der Waals surface area contributed by atoms with Gasteiger partial charge in [0.15, 0.2) is 11.5 Å². The number of methoxy groups -OCH3 is 2. The minimum absolute atomic E-state index is 0.0477. The number of hydrogen-bond acceptors (Lipinski definition) is 7. The number of hydrogen-bond donors (Lipinski definition) is 1. The number of likely N-dealkylation sites (N-methyl/N-ethyl adjacent to an activating group) is 1. The van der Waals surface area contributed by atoms with E-state index in [9.17, 15) is 9.59 Å². The molecule has 0 unspecified atom stereocenters. The van der Waals surface area contributed by atoms with Gasteiger partial charge in [-0.25, -0.2) is 4.98 Å². The van der Waals surface area contributed by atoms with Gasteiger partial charge in [-0.1, -0.05) is 13.8 Å². The van der Waals surface area contributed by atoms with E-state index in [2.05, 4.69) is 29.0 Å². The van der Waals surface area contributed by atoms with Crippen LogP contribution in [-0.2, 0) is 16.0 Å². The summed E-state index contributed by atoms with van der Waals surface area (Å²) in [5, 5.41) is 2.80. The largest absolute Gasteiger partial charge is 0.493 e. The second kappa shape index (κ2) is 11.3. The topological polar surface area (TPSA) is 93.9 Å².